The molecule has 0 unspecified atom stereocenters. The van der Waals surface area contributed by atoms with Gasteiger partial charge in [0, 0.05) is 6.10 Å². The van der Waals surface area contributed by atoms with Gasteiger partial charge >= 0.3 is 0 Å². The predicted molar refractivity (Wildman–Crippen MR) is 71.2 cm³/mol. The van der Waals surface area contributed by atoms with E-state index in [9.17, 15) is 5.11 Å². The highest BCUT2D eigenvalue weighted by Crippen LogP contribution is 2.40. The summed E-state index contributed by atoms with van der Waals surface area (Å²) in [7, 11) is -1.62. The third-order valence-corrected chi connectivity index (χ3v) is 8.81. The van der Waals surface area contributed by atoms with Crippen LogP contribution in [-0.4, -0.2) is 25.1 Å². The number of hydrogen-bond acceptors (Lipinski definition) is 2. The van der Waals surface area contributed by atoms with Crippen molar-refractivity contribution in [2.24, 2.45) is 0 Å². The van der Waals surface area contributed by atoms with Gasteiger partial charge in [0.2, 0.25) is 0 Å². The van der Waals surface area contributed by atoms with Crippen LogP contribution in [0.5, 0.6) is 0 Å². The molecule has 0 aromatic rings. The number of hydrogen-bond donors (Lipinski definition) is 1. The van der Waals surface area contributed by atoms with E-state index < -0.39 is 13.9 Å². The average Bonchev–Trinajstić information content (AvgIpc) is 2.06. The molecule has 0 saturated heterocycles. The van der Waals surface area contributed by atoms with Crippen LogP contribution in [0.4, 0.5) is 0 Å². The lowest BCUT2D eigenvalue weighted by Gasteiger charge is -2.42. The highest BCUT2D eigenvalue weighted by atomic mass is 28.4. The lowest BCUT2D eigenvalue weighted by atomic mass is 9.85. The quantitative estimate of drug-likeness (QED) is 0.751. The first-order valence-corrected chi connectivity index (χ1v) is 9.35. The Morgan fingerprint density at radius 3 is 2.00 bits per heavy atom. The number of aliphatic hydroxyl groups is 1. The summed E-state index contributed by atoms with van der Waals surface area (Å²) < 4.78 is 6.36. The van der Waals surface area contributed by atoms with Crippen molar-refractivity contribution >= 4 is 8.32 Å². The summed E-state index contributed by atoms with van der Waals surface area (Å²) in [6.45, 7) is 13.4. The Bertz CT molecular complexity index is 231. The Morgan fingerprint density at radius 2 is 1.62 bits per heavy atom. The topological polar surface area (TPSA) is 29.5 Å². The monoisotopic (exact) mass is 244 g/mol. The lowest BCUT2D eigenvalue weighted by molar-refractivity contribution is -0.0140. The molecule has 1 rings (SSSR count). The maximum Gasteiger partial charge on any atom is 0.192 e. The molecular weight excluding hydrogens is 216 g/mol. The second-order valence-corrected chi connectivity index (χ2v) is 11.8. The van der Waals surface area contributed by atoms with E-state index >= 15 is 0 Å². The van der Waals surface area contributed by atoms with Crippen LogP contribution in [0.2, 0.25) is 18.1 Å². The lowest BCUT2D eigenvalue weighted by Crippen LogP contribution is -2.46. The van der Waals surface area contributed by atoms with Crippen LogP contribution in [0.25, 0.3) is 0 Å². The van der Waals surface area contributed by atoms with E-state index in [4.69, 9.17) is 4.43 Å². The standard InChI is InChI=1S/C13H28O2Si/c1-12(2,3)16(5,6)15-11-7-9-13(4,14)10-8-11/h11,14H,7-10H2,1-6H3. The molecule has 3 heteroatoms. The molecule has 1 N–H and O–H groups in total. The minimum atomic E-state index is -1.62. The number of rotatable bonds is 2. The molecule has 1 aliphatic rings. The summed E-state index contributed by atoms with van der Waals surface area (Å²) in [5.41, 5.74) is -0.451. The molecule has 1 aliphatic carbocycles. The molecule has 0 heterocycles. The molecule has 0 spiro atoms. The summed E-state index contributed by atoms with van der Waals surface area (Å²) in [4.78, 5) is 0. The average molecular weight is 244 g/mol. The summed E-state index contributed by atoms with van der Waals surface area (Å²) in [5.74, 6) is 0. The van der Waals surface area contributed by atoms with Crippen LogP contribution in [0.15, 0.2) is 0 Å². The fourth-order valence-electron chi connectivity index (χ4n) is 1.92. The largest absolute Gasteiger partial charge is 0.414 e. The predicted octanol–water partition coefficient (Wildman–Crippen LogP) is 3.70. The van der Waals surface area contributed by atoms with Gasteiger partial charge in [0.05, 0.1) is 5.60 Å². The Balaban J connectivity index is 2.51. The van der Waals surface area contributed by atoms with Gasteiger partial charge in [0.25, 0.3) is 0 Å². The van der Waals surface area contributed by atoms with Crippen molar-refractivity contribution in [2.75, 3.05) is 0 Å². The van der Waals surface area contributed by atoms with Crippen molar-refractivity contribution in [2.45, 2.75) is 83.2 Å². The van der Waals surface area contributed by atoms with Gasteiger partial charge in [0.15, 0.2) is 8.32 Å². The van der Waals surface area contributed by atoms with E-state index in [1.807, 2.05) is 6.92 Å². The Labute approximate surface area is 102 Å². The van der Waals surface area contributed by atoms with Gasteiger partial charge in [-0.05, 0) is 50.7 Å². The van der Waals surface area contributed by atoms with Gasteiger partial charge in [0.1, 0.15) is 0 Å². The molecule has 96 valence electrons. The molecule has 0 aromatic carbocycles. The maximum absolute atomic E-state index is 9.91. The van der Waals surface area contributed by atoms with Gasteiger partial charge in [-0.3, -0.25) is 0 Å². The van der Waals surface area contributed by atoms with Crippen LogP contribution >= 0.6 is 0 Å². The second kappa shape index (κ2) is 4.43. The fourth-order valence-corrected chi connectivity index (χ4v) is 3.35. The van der Waals surface area contributed by atoms with Crippen molar-refractivity contribution in [3.63, 3.8) is 0 Å². The van der Waals surface area contributed by atoms with E-state index in [0.717, 1.165) is 25.7 Å². The van der Waals surface area contributed by atoms with Gasteiger partial charge in [-0.2, -0.15) is 0 Å². The highest BCUT2D eigenvalue weighted by molar-refractivity contribution is 6.74. The molecule has 0 radical (unpaired) electrons. The van der Waals surface area contributed by atoms with Crippen molar-refractivity contribution < 1.29 is 9.53 Å². The SMILES string of the molecule is CC1(O)CCC(O[Si](C)(C)C(C)(C)C)CC1. The molecule has 1 saturated carbocycles. The first kappa shape index (κ1) is 14.2. The molecule has 0 aromatic heterocycles. The molecule has 1 fully saturated rings. The molecule has 16 heavy (non-hydrogen) atoms. The highest BCUT2D eigenvalue weighted by Gasteiger charge is 2.40. The first-order chi connectivity index (χ1) is 7.04. The van der Waals surface area contributed by atoms with E-state index in [2.05, 4.69) is 33.9 Å². The minimum absolute atomic E-state index is 0.285. The zero-order chi connectivity index (χ0) is 12.6. The van der Waals surface area contributed by atoms with Crippen molar-refractivity contribution in [1.82, 2.24) is 0 Å². The summed E-state index contributed by atoms with van der Waals surface area (Å²) in [5, 5.41) is 10.2. The summed E-state index contributed by atoms with van der Waals surface area (Å²) >= 11 is 0. The molecule has 0 bridgehead atoms. The van der Waals surface area contributed by atoms with E-state index in [-0.39, 0.29) is 5.04 Å². The minimum Gasteiger partial charge on any atom is -0.414 e. The Kier molecular flexibility index (Phi) is 3.93. The van der Waals surface area contributed by atoms with Gasteiger partial charge in [-0.1, -0.05) is 20.8 Å². The van der Waals surface area contributed by atoms with Gasteiger partial charge < -0.3 is 9.53 Å². The van der Waals surface area contributed by atoms with Crippen LogP contribution in [-0.2, 0) is 4.43 Å². The zero-order valence-electron chi connectivity index (χ0n) is 11.8. The van der Waals surface area contributed by atoms with Crippen molar-refractivity contribution in [3.8, 4) is 0 Å². The summed E-state index contributed by atoms with van der Waals surface area (Å²) in [6, 6.07) is 0. The normalized spacial score (nSPS) is 32.8. The van der Waals surface area contributed by atoms with Crippen molar-refractivity contribution in [3.05, 3.63) is 0 Å². The molecule has 0 aliphatic heterocycles. The van der Waals surface area contributed by atoms with Gasteiger partial charge in [-0.25, -0.2) is 0 Å². The van der Waals surface area contributed by atoms with Crippen LogP contribution in [0, 0.1) is 0 Å². The maximum atomic E-state index is 9.91. The first-order valence-electron chi connectivity index (χ1n) is 6.44. The molecular formula is C13H28O2Si. The second-order valence-electron chi connectivity index (χ2n) is 7.07. The van der Waals surface area contributed by atoms with Crippen molar-refractivity contribution in [1.29, 1.82) is 0 Å². The van der Waals surface area contributed by atoms with E-state index in [1.54, 1.807) is 0 Å². The van der Waals surface area contributed by atoms with Crippen LogP contribution < -0.4 is 0 Å². The Hall–Kier alpha value is 0.137. The van der Waals surface area contributed by atoms with Crippen LogP contribution in [0.3, 0.4) is 0 Å². The van der Waals surface area contributed by atoms with E-state index in [0.29, 0.717) is 6.10 Å². The molecule has 0 atom stereocenters. The zero-order valence-corrected chi connectivity index (χ0v) is 12.8. The van der Waals surface area contributed by atoms with E-state index in [1.165, 1.54) is 0 Å². The molecule has 0 amide bonds. The Morgan fingerprint density at radius 1 is 1.19 bits per heavy atom. The third-order valence-electron chi connectivity index (χ3n) is 4.28. The van der Waals surface area contributed by atoms with Gasteiger partial charge in [-0.15, -0.1) is 0 Å². The molecule has 2 nitrogen and oxygen atoms in total. The summed E-state index contributed by atoms with van der Waals surface area (Å²) in [6.07, 6.45) is 4.17. The smallest absolute Gasteiger partial charge is 0.192 e. The third kappa shape index (κ3) is 3.57. The fraction of sp³-hybridized carbons (Fsp3) is 1.00. The van der Waals surface area contributed by atoms with Crippen LogP contribution in [0.1, 0.15) is 53.4 Å².